The Morgan fingerprint density at radius 3 is 2.50 bits per heavy atom. The lowest BCUT2D eigenvalue weighted by Gasteiger charge is -2.19. The molecule has 0 saturated carbocycles. The molecule has 0 fully saturated rings. The molecule has 0 saturated heterocycles. The SMILES string of the molecule is COc1cccc(C(=O)CN(CCO)CCO)c1. The van der Waals surface area contributed by atoms with Crippen molar-refractivity contribution < 1.29 is 19.7 Å². The molecule has 100 valence electrons. The molecule has 2 N–H and O–H groups in total. The van der Waals surface area contributed by atoms with Gasteiger partial charge in [0, 0.05) is 18.7 Å². The van der Waals surface area contributed by atoms with E-state index in [9.17, 15) is 4.79 Å². The molecule has 0 aromatic heterocycles. The zero-order chi connectivity index (χ0) is 13.4. The number of ether oxygens (including phenoxy) is 1. The van der Waals surface area contributed by atoms with Crippen LogP contribution in [0.2, 0.25) is 0 Å². The molecule has 0 aliphatic carbocycles. The van der Waals surface area contributed by atoms with E-state index in [0.29, 0.717) is 24.4 Å². The van der Waals surface area contributed by atoms with Gasteiger partial charge in [-0.1, -0.05) is 12.1 Å². The summed E-state index contributed by atoms with van der Waals surface area (Å²) in [5.41, 5.74) is 0.565. The molecule has 5 nitrogen and oxygen atoms in total. The van der Waals surface area contributed by atoms with Crippen LogP contribution in [0.5, 0.6) is 5.75 Å². The van der Waals surface area contributed by atoms with Gasteiger partial charge in [0.2, 0.25) is 0 Å². The van der Waals surface area contributed by atoms with Gasteiger partial charge in [-0.25, -0.2) is 0 Å². The molecule has 0 radical (unpaired) electrons. The Morgan fingerprint density at radius 1 is 1.28 bits per heavy atom. The number of hydrogen-bond donors (Lipinski definition) is 2. The van der Waals surface area contributed by atoms with Crippen LogP contribution in [-0.4, -0.2) is 60.9 Å². The third-order valence-corrected chi connectivity index (χ3v) is 2.59. The Morgan fingerprint density at radius 2 is 1.94 bits per heavy atom. The summed E-state index contributed by atoms with van der Waals surface area (Å²) in [6, 6.07) is 6.93. The molecule has 0 bridgehead atoms. The van der Waals surface area contributed by atoms with Crippen LogP contribution in [-0.2, 0) is 0 Å². The van der Waals surface area contributed by atoms with Gasteiger partial charge in [-0.2, -0.15) is 0 Å². The van der Waals surface area contributed by atoms with E-state index in [2.05, 4.69) is 0 Å². The van der Waals surface area contributed by atoms with Crippen molar-refractivity contribution in [3.63, 3.8) is 0 Å². The van der Waals surface area contributed by atoms with Crippen LogP contribution in [0.4, 0.5) is 0 Å². The fourth-order valence-electron chi connectivity index (χ4n) is 1.64. The van der Waals surface area contributed by atoms with Crippen molar-refractivity contribution in [1.82, 2.24) is 4.90 Å². The van der Waals surface area contributed by atoms with Gasteiger partial charge in [0.1, 0.15) is 5.75 Å². The standard InChI is InChI=1S/C13H19NO4/c1-18-12-4-2-3-11(9-12)13(17)10-14(5-7-15)6-8-16/h2-4,9,15-16H,5-8,10H2,1H3. The first-order valence-electron chi connectivity index (χ1n) is 5.82. The summed E-state index contributed by atoms with van der Waals surface area (Å²) in [5, 5.41) is 17.7. The van der Waals surface area contributed by atoms with Crippen LogP contribution in [0.1, 0.15) is 10.4 Å². The number of carbonyl (C=O) groups is 1. The second-order valence-corrected chi connectivity index (χ2v) is 3.88. The van der Waals surface area contributed by atoms with Gasteiger partial charge >= 0.3 is 0 Å². The number of ketones is 1. The highest BCUT2D eigenvalue weighted by Gasteiger charge is 2.12. The summed E-state index contributed by atoms with van der Waals surface area (Å²) in [6.45, 7) is 0.845. The summed E-state index contributed by atoms with van der Waals surface area (Å²) in [7, 11) is 1.55. The smallest absolute Gasteiger partial charge is 0.176 e. The number of aliphatic hydroxyl groups is 2. The maximum Gasteiger partial charge on any atom is 0.176 e. The highest BCUT2D eigenvalue weighted by Crippen LogP contribution is 2.13. The van der Waals surface area contributed by atoms with Crippen molar-refractivity contribution in [1.29, 1.82) is 0 Å². The minimum atomic E-state index is -0.0594. The normalized spacial score (nSPS) is 10.7. The lowest BCUT2D eigenvalue weighted by Crippen LogP contribution is -2.34. The minimum absolute atomic E-state index is 0.0363. The van der Waals surface area contributed by atoms with Gasteiger partial charge in [0.25, 0.3) is 0 Å². The van der Waals surface area contributed by atoms with Crippen molar-refractivity contribution in [2.45, 2.75) is 0 Å². The molecule has 0 amide bonds. The topological polar surface area (TPSA) is 70.0 Å². The maximum atomic E-state index is 12.0. The predicted octanol–water partition coefficient (Wildman–Crippen LogP) is 0.164. The molecular weight excluding hydrogens is 234 g/mol. The fourth-order valence-corrected chi connectivity index (χ4v) is 1.64. The van der Waals surface area contributed by atoms with Crippen LogP contribution in [0.15, 0.2) is 24.3 Å². The average molecular weight is 253 g/mol. The van der Waals surface area contributed by atoms with Gasteiger partial charge in [-0.15, -0.1) is 0 Å². The fraction of sp³-hybridized carbons (Fsp3) is 0.462. The van der Waals surface area contributed by atoms with Crippen LogP contribution in [0.25, 0.3) is 0 Å². The Hall–Kier alpha value is -1.43. The first kappa shape index (κ1) is 14.6. The van der Waals surface area contributed by atoms with Crippen molar-refractivity contribution >= 4 is 5.78 Å². The molecule has 0 atom stereocenters. The molecule has 18 heavy (non-hydrogen) atoms. The van der Waals surface area contributed by atoms with Crippen molar-refractivity contribution in [3.8, 4) is 5.75 Å². The van der Waals surface area contributed by atoms with E-state index in [1.54, 1.807) is 36.3 Å². The Labute approximate surface area is 107 Å². The first-order valence-corrected chi connectivity index (χ1v) is 5.82. The van der Waals surface area contributed by atoms with Crippen molar-refractivity contribution in [2.75, 3.05) is 40.0 Å². The summed E-state index contributed by atoms with van der Waals surface area (Å²) < 4.78 is 5.06. The van der Waals surface area contributed by atoms with Gasteiger partial charge in [-0.3, -0.25) is 9.69 Å². The van der Waals surface area contributed by atoms with Crippen molar-refractivity contribution in [3.05, 3.63) is 29.8 Å². The number of methoxy groups -OCH3 is 1. The van der Waals surface area contributed by atoms with E-state index in [-0.39, 0.29) is 25.5 Å². The van der Waals surface area contributed by atoms with E-state index in [4.69, 9.17) is 14.9 Å². The largest absolute Gasteiger partial charge is 0.497 e. The highest BCUT2D eigenvalue weighted by molar-refractivity contribution is 5.97. The van der Waals surface area contributed by atoms with E-state index in [1.807, 2.05) is 0 Å². The molecule has 0 spiro atoms. The zero-order valence-electron chi connectivity index (χ0n) is 10.5. The molecule has 1 aromatic rings. The molecule has 0 unspecified atom stereocenters. The van der Waals surface area contributed by atoms with Gasteiger partial charge < -0.3 is 14.9 Å². The first-order chi connectivity index (χ1) is 8.71. The minimum Gasteiger partial charge on any atom is -0.497 e. The quantitative estimate of drug-likeness (QED) is 0.646. The molecule has 0 aliphatic heterocycles. The van der Waals surface area contributed by atoms with Crippen LogP contribution in [0, 0.1) is 0 Å². The Bertz CT molecular complexity index is 375. The van der Waals surface area contributed by atoms with Gasteiger partial charge in [0.15, 0.2) is 5.78 Å². The predicted molar refractivity (Wildman–Crippen MR) is 67.9 cm³/mol. The third-order valence-electron chi connectivity index (χ3n) is 2.59. The van der Waals surface area contributed by atoms with Crippen LogP contribution < -0.4 is 4.74 Å². The Kier molecular flexibility index (Phi) is 6.35. The number of carbonyl (C=O) groups excluding carboxylic acids is 1. The van der Waals surface area contributed by atoms with E-state index >= 15 is 0 Å². The summed E-state index contributed by atoms with van der Waals surface area (Å²) in [5.74, 6) is 0.576. The third kappa shape index (κ3) is 4.44. The van der Waals surface area contributed by atoms with E-state index in [1.165, 1.54) is 0 Å². The second-order valence-electron chi connectivity index (χ2n) is 3.88. The highest BCUT2D eigenvalue weighted by atomic mass is 16.5. The van der Waals surface area contributed by atoms with Gasteiger partial charge in [0.05, 0.1) is 26.9 Å². The second kappa shape index (κ2) is 7.81. The van der Waals surface area contributed by atoms with Crippen LogP contribution in [0.3, 0.4) is 0 Å². The van der Waals surface area contributed by atoms with Crippen molar-refractivity contribution in [2.24, 2.45) is 0 Å². The number of nitrogens with zero attached hydrogens (tertiary/aromatic N) is 1. The number of aliphatic hydroxyl groups excluding tert-OH is 2. The molecule has 1 aromatic carbocycles. The van der Waals surface area contributed by atoms with Gasteiger partial charge in [-0.05, 0) is 12.1 Å². The van der Waals surface area contributed by atoms with Crippen LogP contribution >= 0.6 is 0 Å². The monoisotopic (exact) mass is 253 g/mol. The lowest BCUT2D eigenvalue weighted by molar-refractivity contribution is 0.0893. The summed E-state index contributed by atoms with van der Waals surface area (Å²) in [4.78, 5) is 13.7. The lowest BCUT2D eigenvalue weighted by atomic mass is 10.1. The number of hydrogen-bond acceptors (Lipinski definition) is 5. The molecule has 1 rings (SSSR count). The maximum absolute atomic E-state index is 12.0. The average Bonchev–Trinajstić information content (AvgIpc) is 2.39. The molecule has 0 aliphatic rings. The number of Topliss-reactive ketones (excluding diaryl/α,β-unsaturated/α-hetero) is 1. The number of benzene rings is 1. The van der Waals surface area contributed by atoms with E-state index in [0.717, 1.165) is 0 Å². The number of rotatable bonds is 8. The molecular formula is C13H19NO4. The Balaban J connectivity index is 2.67. The van der Waals surface area contributed by atoms with E-state index < -0.39 is 0 Å². The summed E-state index contributed by atoms with van der Waals surface area (Å²) >= 11 is 0. The molecule has 5 heteroatoms. The summed E-state index contributed by atoms with van der Waals surface area (Å²) in [6.07, 6.45) is 0. The molecule has 0 heterocycles. The zero-order valence-corrected chi connectivity index (χ0v) is 10.5.